The second-order valence-corrected chi connectivity index (χ2v) is 7.72. The highest BCUT2D eigenvalue weighted by atomic mass is 35.5. The molecule has 0 aliphatic rings. The SMILES string of the molecule is CCCN(CC(=O)Nc1ccccc1OC)C(=O)CCSc1ccc(Cl)cc1. The van der Waals surface area contributed by atoms with Crippen LogP contribution >= 0.6 is 23.4 Å². The van der Waals surface area contributed by atoms with Crippen LogP contribution in [-0.2, 0) is 9.59 Å². The molecule has 0 aliphatic carbocycles. The lowest BCUT2D eigenvalue weighted by Crippen LogP contribution is -2.38. The summed E-state index contributed by atoms with van der Waals surface area (Å²) in [5, 5.41) is 3.51. The van der Waals surface area contributed by atoms with Crippen molar-refractivity contribution in [2.24, 2.45) is 0 Å². The lowest BCUT2D eigenvalue weighted by molar-refractivity contribution is -0.134. The summed E-state index contributed by atoms with van der Waals surface area (Å²) in [7, 11) is 1.55. The van der Waals surface area contributed by atoms with Gasteiger partial charge in [-0.1, -0.05) is 30.7 Å². The van der Waals surface area contributed by atoms with Gasteiger partial charge in [-0.15, -0.1) is 11.8 Å². The van der Waals surface area contributed by atoms with Gasteiger partial charge in [0.25, 0.3) is 0 Å². The zero-order valence-corrected chi connectivity index (χ0v) is 17.7. The number of nitrogens with one attached hydrogen (secondary N) is 1. The number of hydrogen-bond acceptors (Lipinski definition) is 4. The molecule has 1 N–H and O–H groups in total. The van der Waals surface area contributed by atoms with Crippen molar-refractivity contribution < 1.29 is 14.3 Å². The fraction of sp³-hybridized carbons (Fsp3) is 0.333. The maximum absolute atomic E-state index is 12.6. The van der Waals surface area contributed by atoms with E-state index in [-0.39, 0.29) is 18.4 Å². The zero-order chi connectivity index (χ0) is 20.4. The highest BCUT2D eigenvalue weighted by Gasteiger charge is 2.17. The van der Waals surface area contributed by atoms with Crippen molar-refractivity contribution in [2.75, 3.05) is 31.3 Å². The second-order valence-electron chi connectivity index (χ2n) is 6.12. The minimum Gasteiger partial charge on any atom is -0.495 e. The largest absolute Gasteiger partial charge is 0.495 e. The molecule has 5 nitrogen and oxygen atoms in total. The molecular weight excluding hydrogens is 396 g/mol. The number of para-hydroxylation sites is 2. The number of anilines is 1. The summed E-state index contributed by atoms with van der Waals surface area (Å²) in [6, 6.07) is 14.7. The van der Waals surface area contributed by atoms with E-state index in [1.54, 1.807) is 35.9 Å². The van der Waals surface area contributed by atoms with Crippen LogP contribution in [0, 0.1) is 0 Å². The van der Waals surface area contributed by atoms with Crippen LogP contribution in [0.2, 0.25) is 5.02 Å². The summed E-state index contributed by atoms with van der Waals surface area (Å²) in [4.78, 5) is 27.7. The number of nitrogens with zero attached hydrogens (tertiary/aromatic N) is 1. The third-order valence-corrected chi connectivity index (χ3v) is 5.23. The molecule has 0 aliphatic heterocycles. The molecule has 150 valence electrons. The van der Waals surface area contributed by atoms with Gasteiger partial charge in [-0.25, -0.2) is 0 Å². The number of ether oxygens (including phenoxy) is 1. The Kier molecular flexibility index (Phi) is 9.17. The van der Waals surface area contributed by atoms with Gasteiger partial charge in [0, 0.05) is 28.6 Å². The maximum Gasteiger partial charge on any atom is 0.244 e. The molecule has 2 amide bonds. The minimum atomic E-state index is -0.239. The molecule has 7 heteroatoms. The Hall–Kier alpha value is -2.18. The average Bonchev–Trinajstić information content (AvgIpc) is 2.69. The van der Waals surface area contributed by atoms with Crippen LogP contribution in [0.1, 0.15) is 19.8 Å². The number of hydrogen-bond donors (Lipinski definition) is 1. The van der Waals surface area contributed by atoms with E-state index < -0.39 is 0 Å². The third-order valence-electron chi connectivity index (χ3n) is 3.96. The maximum atomic E-state index is 12.6. The first-order chi connectivity index (χ1) is 13.5. The van der Waals surface area contributed by atoms with Gasteiger partial charge in [0.15, 0.2) is 0 Å². The van der Waals surface area contributed by atoms with E-state index in [4.69, 9.17) is 16.3 Å². The summed E-state index contributed by atoms with van der Waals surface area (Å²) < 4.78 is 5.24. The van der Waals surface area contributed by atoms with E-state index in [0.717, 1.165) is 11.3 Å². The van der Waals surface area contributed by atoms with Crippen LogP contribution in [0.5, 0.6) is 5.75 Å². The van der Waals surface area contributed by atoms with Crippen molar-refractivity contribution >= 4 is 40.9 Å². The first-order valence-electron chi connectivity index (χ1n) is 9.12. The van der Waals surface area contributed by atoms with E-state index >= 15 is 0 Å². The highest BCUT2D eigenvalue weighted by molar-refractivity contribution is 7.99. The number of benzene rings is 2. The Morgan fingerprint density at radius 1 is 1.14 bits per heavy atom. The van der Waals surface area contributed by atoms with Gasteiger partial charge in [0.05, 0.1) is 19.3 Å². The average molecular weight is 421 g/mol. The monoisotopic (exact) mass is 420 g/mol. The fourth-order valence-electron chi connectivity index (χ4n) is 2.62. The molecule has 0 saturated heterocycles. The van der Waals surface area contributed by atoms with Gasteiger partial charge >= 0.3 is 0 Å². The normalized spacial score (nSPS) is 10.4. The molecule has 28 heavy (non-hydrogen) atoms. The molecule has 0 fully saturated rings. The third kappa shape index (κ3) is 7.09. The number of halogens is 1. The number of rotatable bonds is 10. The van der Waals surface area contributed by atoms with Gasteiger partial charge in [-0.2, -0.15) is 0 Å². The van der Waals surface area contributed by atoms with Crippen LogP contribution in [0.4, 0.5) is 5.69 Å². The Balaban J connectivity index is 1.87. The Morgan fingerprint density at radius 2 is 1.86 bits per heavy atom. The van der Waals surface area contributed by atoms with E-state index in [0.29, 0.717) is 35.2 Å². The topological polar surface area (TPSA) is 58.6 Å². The standard InChI is InChI=1S/C21H25ClN2O3S/c1-3-13-24(15-20(25)23-18-6-4-5-7-19(18)27-2)21(26)12-14-28-17-10-8-16(22)9-11-17/h4-11H,3,12-15H2,1-2H3,(H,23,25). The predicted octanol–water partition coefficient (Wildman–Crippen LogP) is 4.71. The lowest BCUT2D eigenvalue weighted by Gasteiger charge is -2.22. The van der Waals surface area contributed by atoms with Crippen molar-refractivity contribution in [2.45, 2.75) is 24.7 Å². The molecule has 0 unspecified atom stereocenters. The Morgan fingerprint density at radius 3 is 2.54 bits per heavy atom. The molecule has 0 atom stereocenters. The molecule has 2 aromatic carbocycles. The summed E-state index contributed by atoms with van der Waals surface area (Å²) >= 11 is 7.48. The lowest BCUT2D eigenvalue weighted by atomic mass is 10.3. The first-order valence-corrected chi connectivity index (χ1v) is 10.5. The highest BCUT2D eigenvalue weighted by Crippen LogP contribution is 2.23. The van der Waals surface area contributed by atoms with Crippen LogP contribution < -0.4 is 10.1 Å². The summed E-state index contributed by atoms with van der Waals surface area (Å²) in [5.74, 6) is 0.966. The molecule has 0 bridgehead atoms. The second kappa shape index (κ2) is 11.6. The van der Waals surface area contributed by atoms with Crippen molar-refractivity contribution in [3.05, 3.63) is 53.6 Å². The number of carbonyl (C=O) groups excluding carboxylic acids is 2. The summed E-state index contributed by atoms with van der Waals surface area (Å²) in [6.45, 7) is 2.56. The van der Waals surface area contributed by atoms with E-state index in [1.165, 1.54) is 0 Å². The Labute approximate surface area is 175 Å². The smallest absolute Gasteiger partial charge is 0.244 e. The Bertz CT molecular complexity index is 783. The van der Waals surface area contributed by atoms with Crippen molar-refractivity contribution in [3.63, 3.8) is 0 Å². The van der Waals surface area contributed by atoms with Crippen LogP contribution in [-0.4, -0.2) is 42.7 Å². The fourth-order valence-corrected chi connectivity index (χ4v) is 3.58. The predicted molar refractivity (Wildman–Crippen MR) is 115 cm³/mol. The van der Waals surface area contributed by atoms with Gasteiger partial charge in [0.1, 0.15) is 5.75 Å². The summed E-state index contributed by atoms with van der Waals surface area (Å²) in [5.41, 5.74) is 0.595. The summed E-state index contributed by atoms with van der Waals surface area (Å²) in [6.07, 6.45) is 1.16. The van der Waals surface area contributed by atoms with E-state index in [2.05, 4.69) is 5.32 Å². The molecular formula is C21H25ClN2O3S. The van der Waals surface area contributed by atoms with Gasteiger partial charge < -0.3 is 15.0 Å². The molecule has 0 radical (unpaired) electrons. The van der Waals surface area contributed by atoms with E-state index in [1.807, 2.05) is 43.3 Å². The molecule has 0 aromatic heterocycles. The van der Waals surface area contributed by atoms with Crippen molar-refractivity contribution in [1.29, 1.82) is 0 Å². The van der Waals surface area contributed by atoms with Crippen LogP contribution in [0.3, 0.4) is 0 Å². The van der Waals surface area contributed by atoms with E-state index in [9.17, 15) is 9.59 Å². The van der Waals surface area contributed by atoms with Crippen molar-refractivity contribution in [3.8, 4) is 5.75 Å². The molecule has 2 aromatic rings. The number of methoxy groups -OCH3 is 1. The van der Waals surface area contributed by atoms with Crippen molar-refractivity contribution in [1.82, 2.24) is 4.90 Å². The molecule has 0 heterocycles. The molecule has 0 saturated carbocycles. The molecule has 2 rings (SSSR count). The first kappa shape index (κ1) is 22.1. The number of amides is 2. The van der Waals surface area contributed by atoms with Gasteiger partial charge in [0.2, 0.25) is 11.8 Å². The molecule has 0 spiro atoms. The minimum absolute atomic E-state index is 0.0241. The van der Waals surface area contributed by atoms with Crippen LogP contribution in [0.25, 0.3) is 0 Å². The number of carbonyl (C=O) groups is 2. The zero-order valence-electron chi connectivity index (χ0n) is 16.1. The van der Waals surface area contributed by atoms with Gasteiger partial charge in [-0.05, 0) is 42.8 Å². The van der Waals surface area contributed by atoms with Crippen LogP contribution in [0.15, 0.2) is 53.4 Å². The quantitative estimate of drug-likeness (QED) is 0.565. The number of thioether (sulfide) groups is 1. The van der Waals surface area contributed by atoms with Gasteiger partial charge in [-0.3, -0.25) is 9.59 Å².